The molecule has 13 heteroatoms. The topological polar surface area (TPSA) is 191 Å². The Morgan fingerprint density at radius 3 is 2.39 bits per heavy atom. The van der Waals surface area contributed by atoms with Crippen LogP contribution >= 0.6 is 11.6 Å². The fourth-order valence-corrected chi connectivity index (χ4v) is 3.92. The maximum Gasteiger partial charge on any atom is 0.364 e. The van der Waals surface area contributed by atoms with E-state index in [1.165, 1.54) is 0 Å². The van der Waals surface area contributed by atoms with E-state index in [4.69, 9.17) is 21.1 Å². The molecule has 3 aromatic rings. The molecule has 12 nitrogen and oxygen atoms in total. The molecule has 2 aromatic heterocycles. The van der Waals surface area contributed by atoms with E-state index in [0.717, 1.165) is 5.56 Å². The lowest BCUT2D eigenvalue weighted by molar-refractivity contribution is -0.403. The zero-order chi connectivity index (χ0) is 30.1. The van der Waals surface area contributed by atoms with Crippen LogP contribution < -0.4 is 22.1 Å². The number of aryl methyl sites for hydroxylation is 1. The molecule has 1 aromatic carbocycles. The number of hydrogen-bond acceptors (Lipinski definition) is 8. The van der Waals surface area contributed by atoms with Gasteiger partial charge in [0.15, 0.2) is 12.1 Å². The second-order valence-corrected chi connectivity index (χ2v) is 10.4. The van der Waals surface area contributed by atoms with Gasteiger partial charge in [0.2, 0.25) is 5.95 Å². The van der Waals surface area contributed by atoms with Gasteiger partial charge in [-0.2, -0.15) is 0 Å². The van der Waals surface area contributed by atoms with Gasteiger partial charge in [0.1, 0.15) is 18.9 Å². The van der Waals surface area contributed by atoms with E-state index in [1.54, 1.807) is 56.6 Å². The van der Waals surface area contributed by atoms with Crippen molar-refractivity contribution >= 4 is 35.4 Å². The normalized spacial score (nSPS) is 13.9. The van der Waals surface area contributed by atoms with Crippen molar-refractivity contribution in [2.75, 3.05) is 18.5 Å². The molecule has 0 saturated heterocycles. The van der Waals surface area contributed by atoms with Gasteiger partial charge in [0.05, 0.1) is 17.8 Å². The Morgan fingerprint density at radius 1 is 1.07 bits per heavy atom. The summed E-state index contributed by atoms with van der Waals surface area (Å²) in [5.74, 6) is -0.887. The number of quaternary nitrogens is 2. The van der Waals surface area contributed by atoms with Crippen LogP contribution in [0.25, 0.3) is 11.3 Å². The largest absolute Gasteiger partial charge is 0.459 e. The Balaban J connectivity index is 1.75. The van der Waals surface area contributed by atoms with E-state index in [2.05, 4.69) is 37.1 Å². The molecule has 4 atom stereocenters. The van der Waals surface area contributed by atoms with Crippen molar-refractivity contribution in [1.29, 1.82) is 0 Å². The first-order chi connectivity index (χ1) is 19.5. The van der Waals surface area contributed by atoms with Crippen LogP contribution in [0.5, 0.6) is 0 Å². The average molecular weight is 588 g/mol. The number of nitrogens with zero attached hydrogens (tertiary/aromatic N) is 2. The van der Waals surface area contributed by atoms with Crippen LogP contribution in [0.15, 0.2) is 42.7 Å². The monoisotopic (exact) mass is 587 g/mol. The van der Waals surface area contributed by atoms with Gasteiger partial charge < -0.3 is 36.6 Å². The van der Waals surface area contributed by atoms with Crippen LogP contribution in [0.1, 0.15) is 54.8 Å². The molecule has 0 fully saturated rings. The summed E-state index contributed by atoms with van der Waals surface area (Å²) in [4.78, 5) is 49.1. The molecule has 220 valence electrons. The first-order valence-electron chi connectivity index (χ1n) is 13.3. The van der Waals surface area contributed by atoms with Gasteiger partial charge in [0.25, 0.3) is 5.91 Å². The Morgan fingerprint density at radius 2 is 1.76 bits per heavy atom. The number of benzene rings is 1. The van der Waals surface area contributed by atoms with Gasteiger partial charge in [0, 0.05) is 23.0 Å². The van der Waals surface area contributed by atoms with Crippen LogP contribution in [0.4, 0.5) is 5.95 Å². The minimum Gasteiger partial charge on any atom is -0.459 e. The third-order valence-corrected chi connectivity index (χ3v) is 6.41. The maximum absolute atomic E-state index is 13.2. The summed E-state index contributed by atoms with van der Waals surface area (Å²) in [6, 6.07) is 6.82. The Labute approximate surface area is 243 Å². The molecule has 41 heavy (non-hydrogen) atoms. The van der Waals surface area contributed by atoms with E-state index in [9.17, 15) is 14.4 Å². The Hall–Kier alpha value is -4.00. The number of nitrogens with one attached hydrogen (secondary N) is 3. The Bertz CT molecular complexity index is 1360. The van der Waals surface area contributed by atoms with Crippen molar-refractivity contribution in [3.05, 3.63) is 64.6 Å². The van der Waals surface area contributed by atoms with E-state index >= 15 is 0 Å². The van der Waals surface area contributed by atoms with E-state index < -0.39 is 30.0 Å². The van der Waals surface area contributed by atoms with Gasteiger partial charge in [-0.3, -0.25) is 4.79 Å². The van der Waals surface area contributed by atoms with Gasteiger partial charge in [-0.05, 0) is 56.5 Å². The summed E-state index contributed by atoms with van der Waals surface area (Å²) in [7, 11) is 0. The van der Waals surface area contributed by atoms with Gasteiger partial charge in [-0.1, -0.05) is 30.7 Å². The molecule has 9 N–H and O–H groups in total. The first kappa shape index (κ1) is 31.5. The lowest BCUT2D eigenvalue weighted by Gasteiger charge is -2.19. The SMILES string of the molecule is CC[C@@H](COC(=O)[C@H](C)[NH3+])Nc1ncc(C)c(-c2c[nH]c(C(=O)N[C@H](COC(=O)[C@H](C)[NH3+])c3cccc(Cl)c3)c2)n1. The number of amides is 1. The zero-order valence-electron chi connectivity index (χ0n) is 23.7. The number of esters is 2. The van der Waals surface area contributed by atoms with E-state index in [1.807, 2.05) is 13.8 Å². The number of ether oxygens (including phenoxy) is 2. The Kier molecular flexibility index (Phi) is 11.2. The second-order valence-electron chi connectivity index (χ2n) is 9.92. The fourth-order valence-electron chi connectivity index (χ4n) is 3.72. The number of hydrogen-bond donors (Lipinski definition) is 5. The maximum atomic E-state index is 13.2. The fraction of sp³-hybridized carbons (Fsp3) is 0.393. The van der Waals surface area contributed by atoms with Crippen LogP contribution in [-0.4, -0.2) is 64.1 Å². The number of aromatic amines is 1. The van der Waals surface area contributed by atoms with E-state index in [0.29, 0.717) is 34.2 Å². The predicted octanol–water partition coefficient (Wildman–Crippen LogP) is 1.44. The number of aromatic nitrogens is 3. The van der Waals surface area contributed by atoms with Crippen molar-refractivity contribution in [3.63, 3.8) is 0 Å². The molecule has 0 bridgehead atoms. The van der Waals surface area contributed by atoms with Crippen LogP contribution in [0.3, 0.4) is 0 Å². The lowest BCUT2D eigenvalue weighted by atomic mass is 10.1. The molecule has 0 saturated carbocycles. The minimum atomic E-state index is -0.640. The van der Waals surface area contributed by atoms with Crippen LogP contribution in [-0.2, 0) is 19.1 Å². The highest BCUT2D eigenvalue weighted by atomic mass is 35.5. The first-order valence-corrected chi connectivity index (χ1v) is 13.7. The number of anilines is 1. The van der Waals surface area contributed by atoms with Gasteiger partial charge >= 0.3 is 11.9 Å². The molecule has 0 aliphatic carbocycles. The third kappa shape index (κ3) is 9.00. The van der Waals surface area contributed by atoms with Gasteiger partial charge in [-0.15, -0.1) is 0 Å². The summed E-state index contributed by atoms with van der Waals surface area (Å²) in [6.07, 6.45) is 4.04. The third-order valence-electron chi connectivity index (χ3n) is 6.18. The molecule has 1 amide bonds. The quantitative estimate of drug-likeness (QED) is 0.185. The molecule has 3 rings (SSSR count). The average Bonchev–Trinajstić information content (AvgIpc) is 3.43. The summed E-state index contributed by atoms with van der Waals surface area (Å²) in [6.45, 7) is 7.21. The van der Waals surface area contributed by atoms with Crippen LogP contribution in [0.2, 0.25) is 5.02 Å². The number of halogens is 1. The molecule has 0 aliphatic rings. The van der Waals surface area contributed by atoms with Crippen molar-refractivity contribution in [2.45, 2.75) is 58.3 Å². The van der Waals surface area contributed by atoms with Gasteiger partial charge in [-0.25, -0.2) is 19.6 Å². The molecular formula is C28H38ClN7O5+2. The molecule has 0 aliphatic heterocycles. The smallest absolute Gasteiger partial charge is 0.364 e. The minimum absolute atomic E-state index is 0.0834. The molecular weight excluding hydrogens is 550 g/mol. The summed E-state index contributed by atoms with van der Waals surface area (Å²) < 4.78 is 10.7. The summed E-state index contributed by atoms with van der Waals surface area (Å²) in [5.41, 5.74) is 10.4. The molecule has 0 unspecified atom stereocenters. The van der Waals surface area contributed by atoms with Crippen molar-refractivity contribution in [2.24, 2.45) is 0 Å². The second kappa shape index (κ2) is 14.6. The van der Waals surface area contributed by atoms with Crippen LogP contribution in [0, 0.1) is 6.92 Å². The highest BCUT2D eigenvalue weighted by molar-refractivity contribution is 6.30. The molecule has 2 heterocycles. The molecule has 0 radical (unpaired) electrons. The van der Waals surface area contributed by atoms with E-state index in [-0.39, 0.29) is 30.9 Å². The highest BCUT2D eigenvalue weighted by Crippen LogP contribution is 2.24. The van der Waals surface area contributed by atoms with Crippen molar-refractivity contribution < 1.29 is 35.3 Å². The number of rotatable bonds is 13. The molecule has 0 spiro atoms. The number of H-pyrrole nitrogens is 1. The lowest BCUT2D eigenvalue weighted by Crippen LogP contribution is -2.63. The standard InChI is InChI=1S/C28H36ClN7O5/c1-5-21(13-40-26(38)16(3)30)34-28-33-11-15(2)24(36-28)19-10-22(32-12-19)25(37)35-23(14-41-27(39)17(4)31)18-7-6-8-20(29)9-18/h6-12,16-17,21,23,32H,5,13-14,30-31H2,1-4H3,(H,35,37)(H,33,34,36)/p+2/t16-,17-,21-,23+/m0/s1. The summed E-state index contributed by atoms with van der Waals surface area (Å²) >= 11 is 6.16. The number of carbonyl (C=O) groups excluding carboxylic acids is 3. The predicted molar refractivity (Wildman–Crippen MR) is 153 cm³/mol. The highest BCUT2D eigenvalue weighted by Gasteiger charge is 2.22. The van der Waals surface area contributed by atoms with Crippen molar-refractivity contribution in [3.8, 4) is 11.3 Å². The zero-order valence-corrected chi connectivity index (χ0v) is 24.5. The number of carbonyl (C=O) groups is 3. The van der Waals surface area contributed by atoms with Crippen molar-refractivity contribution in [1.82, 2.24) is 20.3 Å². The summed E-state index contributed by atoms with van der Waals surface area (Å²) in [5, 5.41) is 6.60.